The van der Waals surface area contributed by atoms with Crippen molar-refractivity contribution in [3.05, 3.63) is 101 Å². The molecule has 0 unspecified atom stereocenters. The van der Waals surface area contributed by atoms with Gasteiger partial charge in [0.15, 0.2) is 0 Å². The average molecular weight is 375 g/mol. The summed E-state index contributed by atoms with van der Waals surface area (Å²) in [6.07, 6.45) is 8.08. The SMILES string of the molecule is C=C/C=C(\C)c1c(/C=C/C)cc2c3ccccc3n3c(=O)c4ccccc4c1c23. The highest BCUT2D eigenvalue weighted by Crippen LogP contribution is 2.40. The van der Waals surface area contributed by atoms with Crippen LogP contribution in [0.15, 0.2) is 84.2 Å². The molecular formula is C27H21NO. The quantitative estimate of drug-likeness (QED) is 0.250. The van der Waals surface area contributed by atoms with E-state index in [0.29, 0.717) is 0 Å². The lowest BCUT2D eigenvalue weighted by Gasteiger charge is -2.15. The van der Waals surface area contributed by atoms with Crippen molar-refractivity contribution in [3.8, 4) is 0 Å². The van der Waals surface area contributed by atoms with Gasteiger partial charge in [-0.1, -0.05) is 67.3 Å². The number of hydrogen-bond donors (Lipinski definition) is 0. The molecule has 2 aromatic heterocycles. The van der Waals surface area contributed by atoms with Crippen LogP contribution < -0.4 is 5.56 Å². The van der Waals surface area contributed by atoms with Crippen LogP contribution in [0.4, 0.5) is 0 Å². The third-order valence-corrected chi connectivity index (χ3v) is 5.73. The Hall–Kier alpha value is -3.65. The summed E-state index contributed by atoms with van der Waals surface area (Å²) in [5, 5.41) is 5.08. The topological polar surface area (TPSA) is 21.5 Å². The number of hydrogen-bond acceptors (Lipinski definition) is 1. The molecule has 5 rings (SSSR count). The van der Waals surface area contributed by atoms with Crippen molar-refractivity contribution >= 4 is 49.6 Å². The van der Waals surface area contributed by atoms with E-state index in [-0.39, 0.29) is 5.56 Å². The highest BCUT2D eigenvalue weighted by Gasteiger charge is 2.21. The molecule has 0 aliphatic rings. The standard InChI is InChI=1S/C27H21NO/c1-4-10-17(3)24-18(11-5-2)16-22-19-12-8-9-15-23(19)28-26(22)25(24)20-13-6-7-14-21(20)27(28)29/h4-16H,1H2,2-3H3/b11-5+,17-10+. The lowest BCUT2D eigenvalue weighted by Crippen LogP contribution is -2.13. The molecule has 0 atom stereocenters. The molecule has 0 aliphatic carbocycles. The molecule has 0 N–H and O–H groups in total. The summed E-state index contributed by atoms with van der Waals surface area (Å²) in [5.74, 6) is 0. The molecule has 5 aromatic rings. The van der Waals surface area contributed by atoms with Crippen LogP contribution in [0.1, 0.15) is 25.0 Å². The van der Waals surface area contributed by atoms with E-state index >= 15 is 0 Å². The molecule has 3 aromatic carbocycles. The highest BCUT2D eigenvalue weighted by molar-refractivity contribution is 6.23. The summed E-state index contributed by atoms with van der Waals surface area (Å²) in [4.78, 5) is 13.5. The zero-order valence-electron chi connectivity index (χ0n) is 16.6. The molecule has 2 nitrogen and oxygen atoms in total. The van der Waals surface area contributed by atoms with Crippen molar-refractivity contribution in [1.82, 2.24) is 4.40 Å². The van der Waals surface area contributed by atoms with Gasteiger partial charge in [0.1, 0.15) is 0 Å². The minimum atomic E-state index is 0.0365. The Kier molecular flexibility index (Phi) is 3.88. The van der Waals surface area contributed by atoms with E-state index in [1.54, 1.807) is 0 Å². The first-order valence-electron chi connectivity index (χ1n) is 9.84. The van der Waals surface area contributed by atoms with Crippen LogP contribution in [0, 0.1) is 0 Å². The maximum atomic E-state index is 13.5. The molecule has 2 heteroatoms. The Bertz CT molecular complexity index is 1550. The molecule has 0 amide bonds. The summed E-state index contributed by atoms with van der Waals surface area (Å²) >= 11 is 0. The third-order valence-electron chi connectivity index (χ3n) is 5.73. The Morgan fingerprint density at radius 1 is 0.966 bits per heavy atom. The van der Waals surface area contributed by atoms with E-state index in [2.05, 4.69) is 43.9 Å². The van der Waals surface area contributed by atoms with Gasteiger partial charge in [-0.15, -0.1) is 0 Å². The number of aromatic nitrogens is 1. The molecular weight excluding hydrogens is 354 g/mol. The van der Waals surface area contributed by atoms with Gasteiger partial charge in [0.25, 0.3) is 5.56 Å². The van der Waals surface area contributed by atoms with Crippen molar-refractivity contribution < 1.29 is 0 Å². The summed E-state index contributed by atoms with van der Waals surface area (Å²) in [6.45, 7) is 8.03. The Morgan fingerprint density at radius 3 is 2.38 bits per heavy atom. The largest absolute Gasteiger partial charge is 0.275 e. The molecule has 2 heterocycles. The van der Waals surface area contributed by atoms with Gasteiger partial charge < -0.3 is 0 Å². The normalized spacial score (nSPS) is 12.8. The molecule has 0 bridgehead atoms. The van der Waals surface area contributed by atoms with Gasteiger partial charge in [0.05, 0.1) is 11.0 Å². The lowest BCUT2D eigenvalue weighted by molar-refractivity contribution is 1.21. The van der Waals surface area contributed by atoms with Crippen LogP contribution in [0.2, 0.25) is 0 Å². The smallest absolute Gasteiger partial charge is 0.263 e. The molecule has 0 saturated heterocycles. The second-order valence-electron chi connectivity index (χ2n) is 7.40. The van der Waals surface area contributed by atoms with Gasteiger partial charge in [-0.2, -0.15) is 0 Å². The number of benzene rings is 3. The second kappa shape index (κ2) is 6.46. The molecule has 0 aliphatic heterocycles. The minimum Gasteiger partial charge on any atom is -0.275 e. The van der Waals surface area contributed by atoms with Gasteiger partial charge in [0, 0.05) is 21.5 Å². The van der Waals surface area contributed by atoms with E-state index in [0.717, 1.165) is 54.7 Å². The fourth-order valence-corrected chi connectivity index (χ4v) is 4.63. The molecule has 0 fully saturated rings. The van der Waals surface area contributed by atoms with Crippen molar-refractivity contribution in [2.75, 3.05) is 0 Å². The first-order chi connectivity index (χ1) is 14.2. The average Bonchev–Trinajstić information content (AvgIpc) is 3.07. The number of allylic oxidation sites excluding steroid dienone is 4. The van der Waals surface area contributed by atoms with Gasteiger partial charge in [-0.05, 0) is 54.1 Å². The fourth-order valence-electron chi connectivity index (χ4n) is 4.63. The van der Waals surface area contributed by atoms with Crippen LogP contribution in [0.3, 0.4) is 0 Å². The van der Waals surface area contributed by atoms with Gasteiger partial charge in [-0.25, -0.2) is 0 Å². The van der Waals surface area contributed by atoms with E-state index in [4.69, 9.17) is 0 Å². The van der Waals surface area contributed by atoms with E-state index in [9.17, 15) is 4.79 Å². The van der Waals surface area contributed by atoms with Gasteiger partial charge in [0.2, 0.25) is 0 Å². The van der Waals surface area contributed by atoms with Crippen LogP contribution in [0.25, 0.3) is 49.6 Å². The fraction of sp³-hybridized carbons (Fsp3) is 0.0741. The number of para-hydroxylation sites is 1. The molecule has 140 valence electrons. The van der Waals surface area contributed by atoms with Crippen LogP contribution in [-0.4, -0.2) is 4.40 Å². The lowest BCUT2D eigenvalue weighted by atomic mass is 9.90. The molecule has 0 spiro atoms. The second-order valence-corrected chi connectivity index (χ2v) is 7.40. The number of nitrogens with zero attached hydrogens (tertiary/aromatic N) is 1. The van der Waals surface area contributed by atoms with E-state index in [1.165, 1.54) is 0 Å². The highest BCUT2D eigenvalue weighted by atomic mass is 16.1. The van der Waals surface area contributed by atoms with Gasteiger partial charge >= 0.3 is 0 Å². The Balaban J connectivity index is 2.24. The van der Waals surface area contributed by atoms with Crippen LogP contribution >= 0.6 is 0 Å². The van der Waals surface area contributed by atoms with Crippen molar-refractivity contribution in [2.45, 2.75) is 13.8 Å². The Labute approximate surface area is 169 Å². The molecule has 29 heavy (non-hydrogen) atoms. The first kappa shape index (κ1) is 17.4. The number of rotatable bonds is 3. The summed E-state index contributed by atoms with van der Waals surface area (Å²) in [6, 6.07) is 18.3. The van der Waals surface area contributed by atoms with Gasteiger partial charge in [-0.3, -0.25) is 9.20 Å². The summed E-state index contributed by atoms with van der Waals surface area (Å²) < 4.78 is 1.90. The Morgan fingerprint density at radius 2 is 1.66 bits per heavy atom. The first-order valence-corrected chi connectivity index (χ1v) is 9.84. The molecule has 0 saturated carbocycles. The zero-order chi connectivity index (χ0) is 20.1. The van der Waals surface area contributed by atoms with E-state index in [1.807, 2.05) is 59.9 Å². The van der Waals surface area contributed by atoms with Crippen molar-refractivity contribution in [3.63, 3.8) is 0 Å². The maximum Gasteiger partial charge on any atom is 0.263 e. The maximum absolute atomic E-state index is 13.5. The summed E-state index contributed by atoms with van der Waals surface area (Å²) in [5.41, 5.74) is 5.42. The summed E-state index contributed by atoms with van der Waals surface area (Å²) in [7, 11) is 0. The number of pyridine rings is 1. The monoisotopic (exact) mass is 375 g/mol. The van der Waals surface area contributed by atoms with Crippen LogP contribution in [-0.2, 0) is 0 Å². The predicted molar refractivity (Wildman–Crippen MR) is 126 cm³/mol. The third kappa shape index (κ3) is 2.32. The van der Waals surface area contributed by atoms with Crippen LogP contribution in [0.5, 0.6) is 0 Å². The van der Waals surface area contributed by atoms with Crippen molar-refractivity contribution in [1.29, 1.82) is 0 Å². The number of fused-ring (bicyclic) bond motifs is 5. The molecule has 0 radical (unpaired) electrons. The predicted octanol–water partition coefficient (Wildman–Crippen LogP) is 6.82. The zero-order valence-corrected chi connectivity index (χ0v) is 16.6. The minimum absolute atomic E-state index is 0.0365. The van der Waals surface area contributed by atoms with E-state index < -0.39 is 0 Å². The van der Waals surface area contributed by atoms with Crippen molar-refractivity contribution in [2.24, 2.45) is 0 Å².